The Morgan fingerprint density at radius 1 is 1.15 bits per heavy atom. The summed E-state index contributed by atoms with van der Waals surface area (Å²) in [5, 5.41) is 2.82. The van der Waals surface area contributed by atoms with Gasteiger partial charge in [-0.05, 0) is 30.2 Å². The Labute approximate surface area is 116 Å². The third-order valence-corrected chi connectivity index (χ3v) is 3.26. The number of benzene rings is 2. The number of anilines is 1. The minimum atomic E-state index is -0.137. The summed E-state index contributed by atoms with van der Waals surface area (Å²) in [6.07, 6.45) is 0.823. The van der Waals surface area contributed by atoms with Crippen molar-refractivity contribution < 1.29 is 4.79 Å². The van der Waals surface area contributed by atoms with Gasteiger partial charge < -0.3 is 4.98 Å². The third kappa shape index (κ3) is 2.28. The van der Waals surface area contributed by atoms with Gasteiger partial charge in [0.1, 0.15) is 0 Å². The summed E-state index contributed by atoms with van der Waals surface area (Å²) < 4.78 is 0. The van der Waals surface area contributed by atoms with E-state index in [1.807, 2.05) is 55.5 Å². The summed E-state index contributed by atoms with van der Waals surface area (Å²) in [6.45, 7) is 2.04. The zero-order valence-corrected chi connectivity index (χ0v) is 11.2. The average molecular weight is 265 g/mol. The molecule has 3 aromatic rings. The molecule has 4 heteroatoms. The predicted octanol–water partition coefficient (Wildman–Crippen LogP) is 3.38. The van der Waals surface area contributed by atoms with E-state index in [1.165, 1.54) is 0 Å². The molecule has 0 saturated heterocycles. The molecule has 100 valence electrons. The van der Waals surface area contributed by atoms with Crippen molar-refractivity contribution in [1.82, 2.24) is 9.97 Å². The number of imidazole rings is 1. The number of carbonyl (C=O) groups is 1. The van der Waals surface area contributed by atoms with Gasteiger partial charge in [0.25, 0.3) is 5.91 Å². The lowest BCUT2D eigenvalue weighted by Crippen LogP contribution is -2.14. The van der Waals surface area contributed by atoms with Gasteiger partial charge in [-0.3, -0.25) is 10.1 Å². The first-order valence-corrected chi connectivity index (χ1v) is 6.62. The van der Waals surface area contributed by atoms with Crippen molar-refractivity contribution in [2.24, 2.45) is 0 Å². The molecule has 1 amide bonds. The minimum Gasteiger partial charge on any atom is -0.324 e. The van der Waals surface area contributed by atoms with Gasteiger partial charge >= 0.3 is 0 Å². The average Bonchev–Trinajstić information content (AvgIpc) is 2.89. The number of hydrogen-bond acceptors (Lipinski definition) is 2. The number of para-hydroxylation sites is 2. The highest BCUT2D eigenvalue weighted by Gasteiger charge is 2.11. The number of aromatic amines is 1. The quantitative estimate of drug-likeness (QED) is 0.762. The Morgan fingerprint density at radius 2 is 1.90 bits per heavy atom. The molecule has 1 heterocycles. The SMILES string of the molecule is CCc1ccccc1C(=O)Nc1nc2ccccc2[nH]1. The number of carbonyl (C=O) groups excluding carboxylic acids is 1. The Bertz CT molecular complexity index is 728. The van der Waals surface area contributed by atoms with Crippen LogP contribution in [0.2, 0.25) is 0 Å². The van der Waals surface area contributed by atoms with Crippen molar-refractivity contribution in [2.45, 2.75) is 13.3 Å². The molecule has 0 radical (unpaired) electrons. The zero-order chi connectivity index (χ0) is 13.9. The number of H-pyrrole nitrogens is 1. The lowest BCUT2D eigenvalue weighted by molar-refractivity contribution is 0.102. The summed E-state index contributed by atoms with van der Waals surface area (Å²) in [5.74, 6) is 0.337. The number of aromatic nitrogens is 2. The predicted molar refractivity (Wildman–Crippen MR) is 79.9 cm³/mol. The second-order valence-corrected chi connectivity index (χ2v) is 4.57. The lowest BCUT2D eigenvalue weighted by atomic mass is 10.1. The Balaban J connectivity index is 1.88. The molecule has 0 spiro atoms. The normalized spacial score (nSPS) is 10.7. The van der Waals surface area contributed by atoms with E-state index in [-0.39, 0.29) is 5.91 Å². The Morgan fingerprint density at radius 3 is 2.70 bits per heavy atom. The molecule has 2 aromatic carbocycles. The van der Waals surface area contributed by atoms with E-state index in [4.69, 9.17) is 0 Å². The van der Waals surface area contributed by atoms with Crippen molar-refractivity contribution in [1.29, 1.82) is 0 Å². The van der Waals surface area contributed by atoms with Gasteiger partial charge in [0.15, 0.2) is 0 Å². The first kappa shape index (κ1) is 12.4. The summed E-state index contributed by atoms with van der Waals surface area (Å²) in [6, 6.07) is 15.3. The molecule has 0 atom stereocenters. The second kappa shape index (κ2) is 5.17. The number of aryl methyl sites for hydroxylation is 1. The van der Waals surface area contributed by atoms with Crippen LogP contribution in [0.1, 0.15) is 22.8 Å². The molecule has 3 rings (SSSR count). The molecule has 4 nitrogen and oxygen atoms in total. The van der Waals surface area contributed by atoms with Gasteiger partial charge in [0.2, 0.25) is 5.95 Å². The molecule has 0 bridgehead atoms. The molecule has 1 aromatic heterocycles. The number of fused-ring (bicyclic) bond motifs is 1. The maximum atomic E-state index is 12.3. The highest BCUT2D eigenvalue weighted by molar-refractivity contribution is 6.05. The van der Waals surface area contributed by atoms with Gasteiger partial charge in [-0.2, -0.15) is 0 Å². The number of nitrogens with zero attached hydrogens (tertiary/aromatic N) is 1. The largest absolute Gasteiger partial charge is 0.324 e. The van der Waals surface area contributed by atoms with Crippen LogP contribution in [-0.4, -0.2) is 15.9 Å². The molecule has 0 aliphatic heterocycles. The Hall–Kier alpha value is -2.62. The second-order valence-electron chi connectivity index (χ2n) is 4.57. The number of rotatable bonds is 3. The van der Waals surface area contributed by atoms with Gasteiger partial charge in [-0.1, -0.05) is 37.3 Å². The molecule has 0 saturated carbocycles. The molecule has 2 N–H and O–H groups in total. The fourth-order valence-electron chi connectivity index (χ4n) is 2.24. The lowest BCUT2D eigenvalue weighted by Gasteiger charge is -2.06. The number of hydrogen-bond donors (Lipinski definition) is 2. The van der Waals surface area contributed by atoms with Crippen LogP contribution in [0, 0.1) is 0 Å². The van der Waals surface area contributed by atoms with Crippen molar-refractivity contribution >= 4 is 22.9 Å². The molecule has 0 unspecified atom stereocenters. The highest BCUT2D eigenvalue weighted by atomic mass is 16.1. The molecule has 20 heavy (non-hydrogen) atoms. The van der Waals surface area contributed by atoms with E-state index < -0.39 is 0 Å². The van der Waals surface area contributed by atoms with E-state index in [0.29, 0.717) is 11.5 Å². The number of nitrogens with one attached hydrogen (secondary N) is 2. The monoisotopic (exact) mass is 265 g/mol. The zero-order valence-electron chi connectivity index (χ0n) is 11.2. The van der Waals surface area contributed by atoms with Crippen LogP contribution < -0.4 is 5.32 Å². The van der Waals surface area contributed by atoms with Gasteiger partial charge in [-0.15, -0.1) is 0 Å². The van der Waals surface area contributed by atoms with Crippen LogP contribution in [0.15, 0.2) is 48.5 Å². The summed E-state index contributed by atoms with van der Waals surface area (Å²) in [7, 11) is 0. The molecule has 0 fully saturated rings. The van der Waals surface area contributed by atoms with Crippen LogP contribution >= 0.6 is 0 Å². The fourth-order valence-corrected chi connectivity index (χ4v) is 2.24. The van der Waals surface area contributed by atoms with Crippen LogP contribution in [-0.2, 0) is 6.42 Å². The molecule has 0 aliphatic carbocycles. The van der Waals surface area contributed by atoms with Gasteiger partial charge in [-0.25, -0.2) is 4.98 Å². The summed E-state index contributed by atoms with van der Waals surface area (Å²) >= 11 is 0. The highest BCUT2D eigenvalue weighted by Crippen LogP contribution is 2.15. The van der Waals surface area contributed by atoms with Crippen molar-refractivity contribution in [3.63, 3.8) is 0 Å². The maximum absolute atomic E-state index is 12.3. The smallest absolute Gasteiger partial charge is 0.258 e. The standard InChI is InChI=1S/C16H15N3O/c1-2-11-7-3-4-8-12(11)15(20)19-16-17-13-9-5-6-10-14(13)18-16/h3-10H,2H2,1H3,(H2,17,18,19,20). The van der Waals surface area contributed by atoms with Gasteiger partial charge in [0.05, 0.1) is 11.0 Å². The first-order valence-electron chi connectivity index (χ1n) is 6.62. The first-order chi connectivity index (χ1) is 9.78. The number of amides is 1. The van der Waals surface area contributed by atoms with Crippen molar-refractivity contribution in [3.05, 3.63) is 59.7 Å². The minimum absolute atomic E-state index is 0.137. The maximum Gasteiger partial charge on any atom is 0.258 e. The van der Waals surface area contributed by atoms with Crippen LogP contribution in [0.5, 0.6) is 0 Å². The molecular formula is C16H15N3O. The summed E-state index contributed by atoms with van der Waals surface area (Å²) in [5.41, 5.74) is 3.47. The van der Waals surface area contributed by atoms with Crippen LogP contribution in [0.25, 0.3) is 11.0 Å². The van der Waals surface area contributed by atoms with Gasteiger partial charge in [0, 0.05) is 5.56 Å². The molecule has 0 aliphatic rings. The van der Waals surface area contributed by atoms with E-state index >= 15 is 0 Å². The summed E-state index contributed by atoms with van der Waals surface area (Å²) in [4.78, 5) is 19.7. The molecular weight excluding hydrogens is 250 g/mol. The van der Waals surface area contributed by atoms with E-state index in [2.05, 4.69) is 15.3 Å². The van der Waals surface area contributed by atoms with Crippen LogP contribution in [0.3, 0.4) is 0 Å². The Kier molecular flexibility index (Phi) is 3.21. The van der Waals surface area contributed by atoms with E-state index in [1.54, 1.807) is 0 Å². The fraction of sp³-hybridized carbons (Fsp3) is 0.125. The third-order valence-electron chi connectivity index (χ3n) is 3.26. The van der Waals surface area contributed by atoms with Crippen LogP contribution in [0.4, 0.5) is 5.95 Å². The van der Waals surface area contributed by atoms with E-state index in [9.17, 15) is 4.79 Å². The van der Waals surface area contributed by atoms with Crippen molar-refractivity contribution in [2.75, 3.05) is 5.32 Å². The van der Waals surface area contributed by atoms with Crippen molar-refractivity contribution in [3.8, 4) is 0 Å². The topological polar surface area (TPSA) is 57.8 Å². The van der Waals surface area contributed by atoms with E-state index in [0.717, 1.165) is 23.0 Å².